The van der Waals surface area contributed by atoms with Gasteiger partial charge in [0.15, 0.2) is 0 Å². The van der Waals surface area contributed by atoms with Crippen molar-refractivity contribution in [3.8, 4) is 0 Å². The number of carboxylic acid groups (broad SMARTS) is 1. The molecule has 0 radical (unpaired) electrons. The second-order valence-electron chi connectivity index (χ2n) is 5.38. The van der Waals surface area contributed by atoms with Crippen LogP contribution in [0.5, 0.6) is 0 Å². The van der Waals surface area contributed by atoms with E-state index < -0.39 is 11.5 Å². The molecule has 0 aliphatic carbocycles. The lowest BCUT2D eigenvalue weighted by Gasteiger charge is -2.26. The van der Waals surface area contributed by atoms with Crippen LogP contribution in [0.2, 0.25) is 0 Å². The molecule has 4 nitrogen and oxygen atoms in total. The largest absolute Gasteiger partial charge is 0.480 e. The fourth-order valence-electron chi connectivity index (χ4n) is 2.28. The van der Waals surface area contributed by atoms with Gasteiger partial charge in [-0.1, -0.05) is 12.1 Å². The maximum atomic E-state index is 13.8. The number of likely N-dealkylation sites (N-methyl/N-ethyl adjacent to an activating group) is 1. The molecule has 0 bridgehead atoms. The summed E-state index contributed by atoms with van der Waals surface area (Å²) in [7, 11) is 1.66. The fraction of sp³-hybridized carbons (Fsp3) is 0.562. The van der Waals surface area contributed by atoms with E-state index >= 15 is 0 Å². The Bertz CT molecular complexity index is 467. The number of para-hydroxylation sites is 1. The SMILES string of the molecule is CCN(CCCCC(C)(NC)C(=O)O)c1ccccc1F. The standard InChI is InChI=1S/C16H25FN2O2/c1-4-19(14-10-6-5-9-13(14)17)12-8-7-11-16(2,18-3)15(20)21/h5-6,9-10,18H,4,7-8,11-12H2,1-3H3,(H,20,21). The van der Waals surface area contributed by atoms with Gasteiger partial charge in [-0.2, -0.15) is 0 Å². The number of nitrogens with one attached hydrogen (secondary N) is 1. The highest BCUT2D eigenvalue weighted by Crippen LogP contribution is 2.20. The highest BCUT2D eigenvalue weighted by molar-refractivity contribution is 5.78. The molecule has 1 aromatic carbocycles. The molecule has 1 atom stereocenters. The Morgan fingerprint density at radius 3 is 2.57 bits per heavy atom. The van der Waals surface area contributed by atoms with Crippen molar-refractivity contribution in [3.05, 3.63) is 30.1 Å². The molecule has 0 saturated carbocycles. The summed E-state index contributed by atoms with van der Waals surface area (Å²) < 4.78 is 13.8. The third-order valence-corrected chi connectivity index (χ3v) is 3.95. The van der Waals surface area contributed by atoms with Gasteiger partial charge in [-0.15, -0.1) is 0 Å². The van der Waals surface area contributed by atoms with Crippen molar-refractivity contribution >= 4 is 11.7 Å². The number of carboxylic acids is 1. The van der Waals surface area contributed by atoms with Crippen molar-refractivity contribution in [2.75, 3.05) is 25.0 Å². The quantitative estimate of drug-likeness (QED) is 0.688. The maximum Gasteiger partial charge on any atom is 0.323 e. The monoisotopic (exact) mass is 296 g/mol. The van der Waals surface area contributed by atoms with E-state index in [1.807, 2.05) is 17.9 Å². The zero-order valence-electron chi connectivity index (χ0n) is 13.0. The zero-order chi connectivity index (χ0) is 15.9. The van der Waals surface area contributed by atoms with Gasteiger partial charge in [0.25, 0.3) is 0 Å². The van der Waals surface area contributed by atoms with Gasteiger partial charge in [-0.25, -0.2) is 4.39 Å². The highest BCUT2D eigenvalue weighted by Gasteiger charge is 2.30. The first kappa shape index (κ1) is 17.4. The highest BCUT2D eigenvalue weighted by atomic mass is 19.1. The minimum atomic E-state index is -0.894. The average molecular weight is 296 g/mol. The first-order valence-corrected chi connectivity index (χ1v) is 7.36. The number of rotatable bonds is 9. The molecule has 0 aliphatic rings. The van der Waals surface area contributed by atoms with Crippen LogP contribution < -0.4 is 10.2 Å². The van der Waals surface area contributed by atoms with E-state index in [0.29, 0.717) is 12.1 Å². The Balaban J connectivity index is 2.51. The summed E-state index contributed by atoms with van der Waals surface area (Å²) in [4.78, 5) is 13.2. The predicted molar refractivity (Wildman–Crippen MR) is 83.2 cm³/mol. The van der Waals surface area contributed by atoms with Crippen molar-refractivity contribution in [3.63, 3.8) is 0 Å². The van der Waals surface area contributed by atoms with Crippen LogP contribution in [-0.2, 0) is 4.79 Å². The van der Waals surface area contributed by atoms with Gasteiger partial charge in [0.2, 0.25) is 0 Å². The molecule has 5 heteroatoms. The molecule has 0 heterocycles. The number of benzene rings is 1. The second kappa shape index (κ2) is 7.98. The summed E-state index contributed by atoms with van der Waals surface area (Å²) in [6.45, 7) is 5.12. The van der Waals surface area contributed by atoms with Gasteiger partial charge in [0.05, 0.1) is 5.69 Å². The third-order valence-electron chi connectivity index (χ3n) is 3.95. The molecule has 0 saturated heterocycles. The van der Waals surface area contributed by atoms with E-state index in [2.05, 4.69) is 5.32 Å². The van der Waals surface area contributed by atoms with Crippen LogP contribution in [0.4, 0.5) is 10.1 Å². The van der Waals surface area contributed by atoms with Crippen LogP contribution in [-0.4, -0.2) is 36.8 Å². The predicted octanol–water partition coefficient (Wildman–Crippen LogP) is 2.89. The Morgan fingerprint density at radius 1 is 1.38 bits per heavy atom. The van der Waals surface area contributed by atoms with Crippen LogP contribution in [0.3, 0.4) is 0 Å². The Kier molecular flexibility index (Phi) is 6.62. The number of nitrogens with zero attached hydrogens (tertiary/aromatic N) is 1. The average Bonchev–Trinajstić information content (AvgIpc) is 2.48. The normalized spacial score (nSPS) is 13.7. The minimum absolute atomic E-state index is 0.218. The van der Waals surface area contributed by atoms with E-state index in [1.54, 1.807) is 26.1 Å². The molecule has 0 amide bonds. The lowest BCUT2D eigenvalue weighted by molar-refractivity contribution is -0.144. The van der Waals surface area contributed by atoms with Crippen molar-refractivity contribution in [2.45, 2.75) is 38.6 Å². The van der Waals surface area contributed by atoms with Gasteiger partial charge >= 0.3 is 5.97 Å². The molecule has 0 spiro atoms. The molecular formula is C16H25FN2O2. The van der Waals surface area contributed by atoms with Crippen LogP contribution in [0.25, 0.3) is 0 Å². The Hall–Kier alpha value is -1.62. The van der Waals surface area contributed by atoms with Crippen LogP contribution in [0.1, 0.15) is 33.1 Å². The lowest BCUT2D eigenvalue weighted by atomic mass is 9.95. The molecule has 1 rings (SSSR count). The summed E-state index contributed by atoms with van der Waals surface area (Å²) >= 11 is 0. The molecule has 1 unspecified atom stereocenters. The topological polar surface area (TPSA) is 52.6 Å². The summed E-state index contributed by atoms with van der Waals surface area (Å²) in [6, 6.07) is 6.73. The fourth-order valence-corrected chi connectivity index (χ4v) is 2.28. The van der Waals surface area contributed by atoms with E-state index in [9.17, 15) is 14.3 Å². The zero-order valence-corrected chi connectivity index (χ0v) is 13.0. The summed E-state index contributed by atoms with van der Waals surface area (Å²) in [5.74, 6) is -1.06. The van der Waals surface area contributed by atoms with E-state index in [4.69, 9.17) is 0 Å². The third kappa shape index (κ3) is 4.70. The number of unbranched alkanes of at least 4 members (excludes halogenated alkanes) is 1. The van der Waals surface area contributed by atoms with Crippen LogP contribution in [0.15, 0.2) is 24.3 Å². The van der Waals surface area contributed by atoms with Crippen molar-refractivity contribution in [1.29, 1.82) is 0 Å². The van der Waals surface area contributed by atoms with Crippen molar-refractivity contribution in [1.82, 2.24) is 5.32 Å². The molecule has 0 aromatic heterocycles. The van der Waals surface area contributed by atoms with Gasteiger partial charge in [0.1, 0.15) is 11.4 Å². The summed E-state index contributed by atoms with van der Waals surface area (Å²) in [6.07, 6.45) is 2.15. The number of hydrogen-bond acceptors (Lipinski definition) is 3. The lowest BCUT2D eigenvalue weighted by Crippen LogP contribution is -2.47. The van der Waals surface area contributed by atoms with E-state index in [0.717, 1.165) is 25.9 Å². The molecule has 21 heavy (non-hydrogen) atoms. The number of anilines is 1. The minimum Gasteiger partial charge on any atom is -0.480 e. The number of halogens is 1. The van der Waals surface area contributed by atoms with E-state index in [1.165, 1.54) is 6.07 Å². The smallest absolute Gasteiger partial charge is 0.323 e. The molecule has 118 valence electrons. The van der Waals surface area contributed by atoms with E-state index in [-0.39, 0.29) is 5.82 Å². The molecule has 1 aromatic rings. The summed E-state index contributed by atoms with van der Waals surface area (Å²) in [5, 5.41) is 12.0. The second-order valence-corrected chi connectivity index (χ2v) is 5.38. The summed E-state index contributed by atoms with van der Waals surface area (Å²) in [5.41, 5.74) is -0.288. The molecule has 0 aliphatic heterocycles. The Morgan fingerprint density at radius 2 is 2.05 bits per heavy atom. The number of hydrogen-bond donors (Lipinski definition) is 2. The Labute approximate surface area is 126 Å². The molecule has 2 N–H and O–H groups in total. The van der Waals surface area contributed by atoms with Crippen molar-refractivity contribution < 1.29 is 14.3 Å². The van der Waals surface area contributed by atoms with Crippen LogP contribution in [0, 0.1) is 5.82 Å². The van der Waals surface area contributed by atoms with Gasteiger partial charge in [0, 0.05) is 13.1 Å². The van der Waals surface area contributed by atoms with Gasteiger partial charge < -0.3 is 15.3 Å². The first-order valence-electron chi connectivity index (χ1n) is 7.36. The number of carbonyl (C=O) groups is 1. The molecular weight excluding hydrogens is 271 g/mol. The number of aliphatic carboxylic acids is 1. The van der Waals surface area contributed by atoms with Gasteiger partial charge in [-0.05, 0) is 52.3 Å². The maximum absolute atomic E-state index is 13.8. The van der Waals surface area contributed by atoms with Crippen molar-refractivity contribution in [2.24, 2.45) is 0 Å². The van der Waals surface area contributed by atoms with Crippen LogP contribution >= 0.6 is 0 Å². The van der Waals surface area contributed by atoms with Gasteiger partial charge in [-0.3, -0.25) is 4.79 Å². The first-order chi connectivity index (χ1) is 9.94. The molecule has 0 fully saturated rings.